The number of ether oxygens (including phenoxy) is 1. The Bertz CT molecular complexity index is 614. The standard InChI is InChI=1S/C19H24FNO3/c1-13-6-3-4-9-17(13)21-19(23)14(2)24-18(22)11-10-15-7-5-8-16(20)12-15/h5,7-8,10-14,17H,3-4,6,9H2,1-2H3,(H,21,23)/b11-10+/t13-,14-,17-/m0/s1. The van der Waals surface area contributed by atoms with Crippen molar-refractivity contribution in [3.8, 4) is 0 Å². The average Bonchev–Trinajstić information content (AvgIpc) is 2.55. The van der Waals surface area contributed by atoms with E-state index in [9.17, 15) is 14.0 Å². The molecule has 0 saturated heterocycles. The number of nitrogens with one attached hydrogen (secondary N) is 1. The lowest BCUT2D eigenvalue weighted by molar-refractivity contribution is -0.150. The van der Waals surface area contributed by atoms with Gasteiger partial charge in [-0.15, -0.1) is 0 Å². The van der Waals surface area contributed by atoms with Crippen molar-refractivity contribution in [1.82, 2.24) is 5.32 Å². The summed E-state index contributed by atoms with van der Waals surface area (Å²) >= 11 is 0. The van der Waals surface area contributed by atoms with Gasteiger partial charge in [0.1, 0.15) is 5.82 Å². The molecule has 0 unspecified atom stereocenters. The van der Waals surface area contributed by atoms with Crippen molar-refractivity contribution < 1.29 is 18.7 Å². The Morgan fingerprint density at radius 2 is 2.08 bits per heavy atom. The summed E-state index contributed by atoms with van der Waals surface area (Å²) in [4.78, 5) is 23.9. The van der Waals surface area contributed by atoms with Gasteiger partial charge >= 0.3 is 5.97 Å². The molecule has 1 N–H and O–H groups in total. The summed E-state index contributed by atoms with van der Waals surface area (Å²) < 4.78 is 18.2. The summed E-state index contributed by atoms with van der Waals surface area (Å²) in [5.74, 6) is -0.835. The van der Waals surface area contributed by atoms with Crippen LogP contribution in [-0.2, 0) is 14.3 Å². The number of benzene rings is 1. The van der Waals surface area contributed by atoms with Crippen LogP contribution >= 0.6 is 0 Å². The molecular formula is C19H24FNO3. The third-order valence-corrected chi connectivity index (χ3v) is 4.36. The maximum absolute atomic E-state index is 13.1. The summed E-state index contributed by atoms with van der Waals surface area (Å²) in [5, 5.41) is 2.97. The molecule has 130 valence electrons. The molecule has 1 aliphatic rings. The summed E-state index contributed by atoms with van der Waals surface area (Å²) in [6.07, 6.45) is 6.18. The van der Waals surface area contributed by atoms with Gasteiger partial charge < -0.3 is 10.1 Å². The molecule has 5 heteroatoms. The van der Waals surface area contributed by atoms with Crippen LogP contribution in [0.25, 0.3) is 6.08 Å². The fraction of sp³-hybridized carbons (Fsp3) is 0.474. The van der Waals surface area contributed by atoms with Gasteiger partial charge in [-0.1, -0.05) is 31.9 Å². The van der Waals surface area contributed by atoms with Crippen LogP contribution in [-0.4, -0.2) is 24.0 Å². The number of hydrogen-bond acceptors (Lipinski definition) is 3. The number of halogens is 1. The van der Waals surface area contributed by atoms with Gasteiger partial charge in [0.15, 0.2) is 6.10 Å². The number of hydrogen-bond donors (Lipinski definition) is 1. The second kappa shape index (κ2) is 8.62. The van der Waals surface area contributed by atoms with Crippen molar-refractivity contribution in [2.24, 2.45) is 5.92 Å². The van der Waals surface area contributed by atoms with Crippen LogP contribution < -0.4 is 5.32 Å². The molecule has 1 aromatic carbocycles. The second-order valence-electron chi connectivity index (χ2n) is 6.34. The van der Waals surface area contributed by atoms with Crippen molar-refractivity contribution in [2.75, 3.05) is 0 Å². The number of carbonyl (C=O) groups excluding carboxylic acids is 2. The Morgan fingerprint density at radius 1 is 1.33 bits per heavy atom. The van der Waals surface area contributed by atoms with E-state index in [-0.39, 0.29) is 17.8 Å². The van der Waals surface area contributed by atoms with Gasteiger partial charge in [-0.25, -0.2) is 9.18 Å². The van der Waals surface area contributed by atoms with Crippen molar-refractivity contribution >= 4 is 18.0 Å². The van der Waals surface area contributed by atoms with E-state index in [2.05, 4.69) is 12.2 Å². The molecule has 4 nitrogen and oxygen atoms in total. The number of rotatable bonds is 5. The van der Waals surface area contributed by atoms with E-state index < -0.39 is 12.1 Å². The van der Waals surface area contributed by atoms with Crippen molar-refractivity contribution in [3.63, 3.8) is 0 Å². The summed E-state index contributed by atoms with van der Waals surface area (Å²) in [6, 6.07) is 6.02. The molecule has 0 bridgehead atoms. The van der Waals surface area contributed by atoms with Crippen molar-refractivity contribution in [1.29, 1.82) is 0 Å². The molecule has 1 aromatic rings. The first-order valence-corrected chi connectivity index (χ1v) is 8.40. The van der Waals surface area contributed by atoms with Gasteiger partial charge in [-0.2, -0.15) is 0 Å². The molecule has 1 amide bonds. The molecule has 1 saturated carbocycles. The van der Waals surface area contributed by atoms with Crippen LogP contribution in [0.2, 0.25) is 0 Å². The lowest BCUT2D eigenvalue weighted by Crippen LogP contribution is -2.45. The van der Waals surface area contributed by atoms with Gasteiger partial charge in [-0.3, -0.25) is 4.79 Å². The Kier molecular flexibility index (Phi) is 6.53. The zero-order chi connectivity index (χ0) is 17.5. The normalized spacial score (nSPS) is 22.1. The number of carbonyl (C=O) groups is 2. The minimum Gasteiger partial charge on any atom is -0.449 e. The fourth-order valence-electron chi connectivity index (χ4n) is 2.87. The van der Waals surface area contributed by atoms with Crippen LogP contribution in [0, 0.1) is 11.7 Å². The van der Waals surface area contributed by atoms with Gasteiger partial charge in [0.05, 0.1) is 0 Å². The van der Waals surface area contributed by atoms with Crippen LogP contribution in [0.4, 0.5) is 4.39 Å². The third kappa shape index (κ3) is 5.48. The summed E-state index contributed by atoms with van der Waals surface area (Å²) in [6.45, 7) is 3.68. The predicted octanol–water partition coefficient (Wildman–Crippen LogP) is 3.47. The fourth-order valence-corrected chi connectivity index (χ4v) is 2.87. The van der Waals surface area contributed by atoms with E-state index >= 15 is 0 Å². The van der Waals surface area contributed by atoms with Crippen molar-refractivity contribution in [2.45, 2.75) is 51.7 Å². The first-order valence-electron chi connectivity index (χ1n) is 8.40. The molecule has 2 rings (SSSR count). The molecule has 1 aliphatic carbocycles. The third-order valence-electron chi connectivity index (χ3n) is 4.36. The quantitative estimate of drug-likeness (QED) is 0.663. The highest BCUT2D eigenvalue weighted by Crippen LogP contribution is 2.23. The minimum absolute atomic E-state index is 0.148. The Labute approximate surface area is 142 Å². The van der Waals surface area contributed by atoms with Crippen LogP contribution in [0.5, 0.6) is 0 Å². The zero-order valence-electron chi connectivity index (χ0n) is 14.1. The Hall–Kier alpha value is -2.17. The maximum Gasteiger partial charge on any atom is 0.331 e. The van der Waals surface area contributed by atoms with E-state index in [0.717, 1.165) is 19.3 Å². The van der Waals surface area contributed by atoms with Gasteiger partial charge in [0, 0.05) is 12.1 Å². The second-order valence-corrected chi connectivity index (χ2v) is 6.34. The van der Waals surface area contributed by atoms with Gasteiger partial charge in [0.25, 0.3) is 5.91 Å². The summed E-state index contributed by atoms with van der Waals surface area (Å²) in [7, 11) is 0. The highest BCUT2D eigenvalue weighted by molar-refractivity contribution is 5.90. The zero-order valence-corrected chi connectivity index (χ0v) is 14.1. The predicted molar refractivity (Wildman–Crippen MR) is 90.6 cm³/mol. The van der Waals surface area contributed by atoms with Crippen LogP contribution in [0.1, 0.15) is 45.1 Å². The van der Waals surface area contributed by atoms with E-state index in [1.54, 1.807) is 19.1 Å². The molecule has 24 heavy (non-hydrogen) atoms. The highest BCUT2D eigenvalue weighted by atomic mass is 19.1. The lowest BCUT2D eigenvalue weighted by atomic mass is 9.86. The largest absolute Gasteiger partial charge is 0.449 e. The number of amides is 1. The van der Waals surface area contributed by atoms with E-state index in [4.69, 9.17) is 4.74 Å². The van der Waals surface area contributed by atoms with Crippen LogP contribution in [0.15, 0.2) is 30.3 Å². The average molecular weight is 333 g/mol. The molecule has 1 fully saturated rings. The minimum atomic E-state index is -0.858. The molecule has 0 heterocycles. The van der Waals surface area contributed by atoms with E-state index in [1.165, 1.54) is 30.7 Å². The molecule has 3 atom stereocenters. The van der Waals surface area contributed by atoms with Crippen molar-refractivity contribution in [3.05, 3.63) is 41.7 Å². The smallest absolute Gasteiger partial charge is 0.331 e. The van der Waals surface area contributed by atoms with Gasteiger partial charge in [0.2, 0.25) is 0 Å². The van der Waals surface area contributed by atoms with Gasteiger partial charge in [-0.05, 0) is 49.5 Å². The van der Waals surface area contributed by atoms with E-state index in [1.807, 2.05) is 0 Å². The summed E-state index contributed by atoms with van der Waals surface area (Å²) in [5.41, 5.74) is 0.556. The first kappa shape index (κ1) is 18.2. The molecule has 0 aromatic heterocycles. The molecule has 0 spiro atoms. The number of esters is 1. The SMILES string of the molecule is C[C@H](OC(=O)/C=C/c1cccc(F)c1)C(=O)N[C@H]1CCCC[C@@H]1C. The topological polar surface area (TPSA) is 55.4 Å². The molecular weight excluding hydrogens is 309 g/mol. The maximum atomic E-state index is 13.1. The lowest BCUT2D eigenvalue weighted by Gasteiger charge is -2.30. The first-order chi connectivity index (χ1) is 11.5. The monoisotopic (exact) mass is 333 g/mol. The molecule has 0 aliphatic heterocycles. The Morgan fingerprint density at radius 3 is 2.79 bits per heavy atom. The molecule has 0 radical (unpaired) electrons. The highest BCUT2D eigenvalue weighted by Gasteiger charge is 2.25. The van der Waals surface area contributed by atoms with E-state index in [0.29, 0.717) is 11.5 Å². The van der Waals surface area contributed by atoms with Crippen LogP contribution in [0.3, 0.4) is 0 Å². The Balaban J connectivity index is 1.83.